The van der Waals surface area contributed by atoms with Crippen LogP contribution in [-0.4, -0.2) is 59.7 Å². The Balaban J connectivity index is 1.41. The van der Waals surface area contributed by atoms with E-state index in [4.69, 9.17) is 0 Å². The molecule has 2 aliphatic rings. The third-order valence-electron chi connectivity index (χ3n) is 6.04. The molecule has 0 unspecified atom stereocenters. The number of hydrogen-bond donors (Lipinski definition) is 1. The molecular weight excluding hydrogens is 409 g/mol. The molecule has 9 heteroatoms. The van der Waals surface area contributed by atoms with Crippen molar-refractivity contribution in [2.45, 2.75) is 31.7 Å². The molecule has 1 N–H and O–H groups in total. The van der Waals surface area contributed by atoms with E-state index < -0.39 is 11.7 Å². The van der Waals surface area contributed by atoms with Gasteiger partial charge in [0, 0.05) is 62.1 Å². The van der Waals surface area contributed by atoms with E-state index in [1.54, 1.807) is 12.4 Å². The normalized spacial score (nSPS) is 19.7. The fraction of sp³-hybridized carbons (Fsp3) is 0.455. The molecule has 6 nitrogen and oxygen atoms in total. The first-order chi connectivity index (χ1) is 14.9. The van der Waals surface area contributed by atoms with Crippen LogP contribution in [0.15, 0.2) is 42.7 Å². The number of alkyl halides is 3. The van der Waals surface area contributed by atoms with Crippen molar-refractivity contribution in [1.29, 1.82) is 0 Å². The fourth-order valence-corrected chi connectivity index (χ4v) is 4.40. The molecule has 1 amide bonds. The lowest BCUT2D eigenvalue weighted by molar-refractivity contribution is -0.137. The number of aliphatic hydroxyl groups excluding tert-OH is 1. The first-order valence-electron chi connectivity index (χ1n) is 10.4. The van der Waals surface area contributed by atoms with Gasteiger partial charge in [0.15, 0.2) is 0 Å². The van der Waals surface area contributed by atoms with E-state index in [1.807, 2.05) is 15.9 Å². The topological polar surface area (TPSA) is 59.9 Å². The summed E-state index contributed by atoms with van der Waals surface area (Å²) in [4.78, 5) is 23.1. The van der Waals surface area contributed by atoms with Crippen molar-refractivity contribution in [2.75, 3.05) is 42.5 Å². The number of halogens is 3. The first-order valence-corrected chi connectivity index (χ1v) is 10.4. The van der Waals surface area contributed by atoms with E-state index in [2.05, 4.69) is 9.88 Å². The average Bonchev–Trinajstić information content (AvgIpc) is 3.28. The Morgan fingerprint density at radius 1 is 1.06 bits per heavy atom. The molecule has 0 radical (unpaired) electrons. The average molecular weight is 434 g/mol. The minimum atomic E-state index is -4.37. The summed E-state index contributed by atoms with van der Waals surface area (Å²) in [5, 5.41) is 9.53. The van der Waals surface area contributed by atoms with Gasteiger partial charge < -0.3 is 19.8 Å². The van der Waals surface area contributed by atoms with Gasteiger partial charge >= 0.3 is 6.18 Å². The largest absolute Gasteiger partial charge is 0.416 e. The molecule has 2 saturated heterocycles. The standard InChI is InChI=1S/C22H25F3N4O2/c23-22(24,25)17-3-5-18(6-4-17)29-9-1-2-20(29)21(31)28-12-10-27(11-13-28)19-7-8-26-14-16(19)15-30/h3-8,14,20,30H,1-2,9-13,15H2/t20-/m0/s1. The summed E-state index contributed by atoms with van der Waals surface area (Å²) in [6.07, 6.45) is 0.482. The maximum Gasteiger partial charge on any atom is 0.416 e. The van der Waals surface area contributed by atoms with Crippen LogP contribution in [0.25, 0.3) is 0 Å². The highest BCUT2D eigenvalue weighted by Crippen LogP contribution is 2.33. The summed E-state index contributed by atoms with van der Waals surface area (Å²) in [5.74, 6) is 0.0224. The van der Waals surface area contributed by atoms with Gasteiger partial charge in [0.2, 0.25) is 5.91 Å². The zero-order valence-corrected chi connectivity index (χ0v) is 17.1. The Labute approximate surface area is 178 Å². The predicted molar refractivity (Wildman–Crippen MR) is 111 cm³/mol. The molecule has 0 saturated carbocycles. The van der Waals surface area contributed by atoms with Gasteiger partial charge in [-0.3, -0.25) is 9.78 Å². The molecule has 1 atom stereocenters. The summed E-state index contributed by atoms with van der Waals surface area (Å²) in [6, 6.07) is 6.56. The van der Waals surface area contributed by atoms with Crippen LogP contribution in [0.3, 0.4) is 0 Å². The molecule has 2 aromatic rings. The van der Waals surface area contributed by atoms with E-state index >= 15 is 0 Å². The first kappa shape index (κ1) is 21.4. The number of pyridine rings is 1. The minimum absolute atomic E-state index is 0.0224. The van der Waals surface area contributed by atoms with Gasteiger partial charge in [-0.25, -0.2) is 0 Å². The highest BCUT2D eigenvalue weighted by atomic mass is 19.4. The summed E-state index contributed by atoms with van der Waals surface area (Å²) >= 11 is 0. The molecule has 3 heterocycles. The molecule has 2 aliphatic heterocycles. The maximum absolute atomic E-state index is 13.2. The number of anilines is 2. The quantitative estimate of drug-likeness (QED) is 0.802. The Hall–Kier alpha value is -2.81. The van der Waals surface area contributed by atoms with E-state index in [-0.39, 0.29) is 18.6 Å². The number of amides is 1. The van der Waals surface area contributed by atoms with Crippen LogP contribution in [0.4, 0.5) is 24.5 Å². The number of benzene rings is 1. The van der Waals surface area contributed by atoms with E-state index in [0.717, 1.165) is 29.8 Å². The van der Waals surface area contributed by atoms with Crippen LogP contribution in [0, 0.1) is 0 Å². The molecule has 31 heavy (non-hydrogen) atoms. The fourth-order valence-electron chi connectivity index (χ4n) is 4.40. The third kappa shape index (κ3) is 4.46. The monoisotopic (exact) mass is 434 g/mol. The zero-order chi connectivity index (χ0) is 22.0. The van der Waals surface area contributed by atoms with Gasteiger partial charge in [-0.1, -0.05) is 0 Å². The molecule has 1 aromatic heterocycles. The number of nitrogens with zero attached hydrogens (tertiary/aromatic N) is 4. The second-order valence-corrected chi connectivity index (χ2v) is 7.87. The number of carbonyl (C=O) groups is 1. The van der Waals surface area contributed by atoms with Crippen molar-refractivity contribution < 1.29 is 23.1 Å². The lowest BCUT2D eigenvalue weighted by Gasteiger charge is -2.39. The van der Waals surface area contributed by atoms with E-state index in [9.17, 15) is 23.1 Å². The van der Waals surface area contributed by atoms with E-state index in [0.29, 0.717) is 44.8 Å². The number of carbonyl (C=O) groups excluding carboxylic acids is 1. The van der Waals surface area contributed by atoms with Crippen molar-refractivity contribution in [3.05, 3.63) is 53.9 Å². The van der Waals surface area contributed by atoms with E-state index in [1.165, 1.54) is 12.1 Å². The summed E-state index contributed by atoms with van der Waals surface area (Å²) in [5.41, 5.74) is 1.64. The Kier molecular flexibility index (Phi) is 6.04. The van der Waals surface area contributed by atoms with Crippen LogP contribution in [-0.2, 0) is 17.6 Å². The lowest BCUT2D eigenvalue weighted by atomic mass is 10.1. The SMILES string of the molecule is O=C([C@@H]1CCCN1c1ccc(C(F)(F)F)cc1)N1CCN(c2ccncc2CO)CC1. The van der Waals surface area contributed by atoms with Crippen LogP contribution in [0.1, 0.15) is 24.0 Å². The number of rotatable bonds is 4. The third-order valence-corrected chi connectivity index (χ3v) is 6.04. The molecule has 0 spiro atoms. The second kappa shape index (κ2) is 8.74. The highest BCUT2D eigenvalue weighted by Gasteiger charge is 2.36. The Morgan fingerprint density at radius 3 is 2.42 bits per heavy atom. The van der Waals surface area contributed by atoms with Crippen molar-refractivity contribution in [3.8, 4) is 0 Å². The zero-order valence-electron chi connectivity index (χ0n) is 17.1. The Bertz CT molecular complexity index is 912. The van der Waals surface area contributed by atoms with Gasteiger partial charge in [0.05, 0.1) is 12.2 Å². The van der Waals surface area contributed by atoms with Gasteiger partial charge in [-0.15, -0.1) is 0 Å². The number of aromatic nitrogens is 1. The van der Waals surface area contributed by atoms with Gasteiger partial charge in [-0.2, -0.15) is 13.2 Å². The van der Waals surface area contributed by atoms with Crippen molar-refractivity contribution >= 4 is 17.3 Å². The van der Waals surface area contributed by atoms with Crippen LogP contribution in [0.5, 0.6) is 0 Å². The summed E-state index contributed by atoms with van der Waals surface area (Å²) < 4.78 is 38.6. The second-order valence-electron chi connectivity index (χ2n) is 7.87. The summed E-state index contributed by atoms with van der Waals surface area (Å²) in [6.45, 7) is 2.98. The molecule has 4 rings (SSSR count). The number of aliphatic hydroxyl groups is 1. The lowest BCUT2D eigenvalue weighted by Crippen LogP contribution is -2.54. The highest BCUT2D eigenvalue weighted by molar-refractivity contribution is 5.86. The predicted octanol–water partition coefficient (Wildman–Crippen LogP) is 2.91. The molecule has 0 bridgehead atoms. The Morgan fingerprint density at radius 2 is 1.77 bits per heavy atom. The van der Waals surface area contributed by atoms with Crippen molar-refractivity contribution in [2.24, 2.45) is 0 Å². The molecule has 0 aliphatic carbocycles. The van der Waals surface area contributed by atoms with Crippen LogP contribution < -0.4 is 9.80 Å². The smallest absolute Gasteiger partial charge is 0.392 e. The van der Waals surface area contributed by atoms with Gasteiger partial charge in [0.1, 0.15) is 6.04 Å². The van der Waals surface area contributed by atoms with Gasteiger partial charge in [-0.05, 0) is 43.2 Å². The number of piperazine rings is 1. The van der Waals surface area contributed by atoms with Crippen molar-refractivity contribution in [1.82, 2.24) is 9.88 Å². The maximum atomic E-state index is 13.2. The van der Waals surface area contributed by atoms with Crippen LogP contribution >= 0.6 is 0 Å². The molecule has 1 aromatic carbocycles. The van der Waals surface area contributed by atoms with Gasteiger partial charge in [0.25, 0.3) is 0 Å². The summed E-state index contributed by atoms with van der Waals surface area (Å²) in [7, 11) is 0. The molecule has 166 valence electrons. The molecule has 2 fully saturated rings. The minimum Gasteiger partial charge on any atom is -0.392 e. The van der Waals surface area contributed by atoms with Crippen molar-refractivity contribution in [3.63, 3.8) is 0 Å². The molecular formula is C22H25F3N4O2. The van der Waals surface area contributed by atoms with Crippen LogP contribution in [0.2, 0.25) is 0 Å². The number of hydrogen-bond acceptors (Lipinski definition) is 5.